The molecule has 1 aliphatic rings. The number of carbonyl (C=O) groups is 2. The van der Waals surface area contributed by atoms with Crippen molar-refractivity contribution in [3.05, 3.63) is 28.2 Å². The number of benzene rings is 1. The van der Waals surface area contributed by atoms with Gasteiger partial charge in [-0.1, -0.05) is 28.4 Å². The van der Waals surface area contributed by atoms with Gasteiger partial charge in [0.25, 0.3) is 0 Å². The van der Waals surface area contributed by atoms with Crippen LogP contribution < -0.4 is 5.32 Å². The van der Waals surface area contributed by atoms with Gasteiger partial charge in [0, 0.05) is 10.2 Å². The lowest BCUT2D eigenvalue weighted by Crippen LogP contribution is -2.48. The Kier molecular flexibility index (Phi) is 3.43. The molecule has 0 aromatic heterocycles. The van der Waals surface area contributed by atoms with Gasteiger partial charge in [-0.3, -0.25) is 9.59 Å². The average molecular weight is 312 g/mol. The number of halogens is 1. The molecule has 5 heteroatoms. The summed E-state index contributed by atoms with van der Waals surface area (Å²) in [5.74, 6) is -1.45. The Morgan fingerprint density at radius 2 is 2.06 bits per heavy atom. The lowest BCUT2D eigenvalue weighted by Gasteiger charge is -2.35. The number of aryl methyl sites for hydroxylation is 1. The van der Waals surface area contributed by atoms with E-state index in [1.165, 1.54) is 0 Å². The second kappa shape index (κ2) is 4.72. The summed E-state index contributed by atoms with van der Waals surface area (Å²) >= 11 is 3.38. The molecule has 0 unspecified atom stereocenters. The molecule has 0 radical (unpaired) electrons. The maximum absolute atomic E-state index is 12.0. The maximum Gasteiger partial charge on any atom is 0.319 e. The Hall–Kier alpha value is -1.36. The molecule has 0 saturated heterocycles. The molecule has 0 spiro atoms. The summed E-state index contributed by atoms with van der Waals surface area (Å²) in [6.45, 7) is 1.94. The number of aliphatic carboxylic acids is 1. The third-order valence-electron chi connectivity index (χ3n) is 3.48. The van der Waals surface area contributed by atoms with Crippen molar-refractivity contribution in [2.45, 2.75) is 26.2 Å². The lowest BCUT2D eigenvalue weighted by atomic mass is 9.68. The maximum atomic E-state index is 12.0. The highest BCUT2D eigenvalue weighted by Crippen LogP contribution is 2.42. The molecule has 0 aliphatic heterocycles. The summed E-state index contributed by atoms with van der Waals surface area (Å²) in [4.78, 5) is 23.2. The molecule has 96 valence electrons. The monoisotopic (exact) mass is 311 g/mol. The van der Waals surface area contributed by atoms with Crippen LogP contribution in [0, 0.1) is 12.3 Å². The quantitative estimate of drug-likeness (QED) is 0.843. The number of rotatable bonds is 3. The normalized spacial score (nSPS) is 16.8. The Balaban J connectivity index is 2.16. The van der Waals surface area contributed by atoms with E-state index in [1.54, 1.807) is 12.1 Å². The molecular weight excluding hydrogens is 298 g/mol. The molecule has 0 heterocycles. The second-order valence-electron chi connectivity index (χ2n) is 4.66. The zero-order valence-corrected chi connectivity index (χ0v) is 11.6. The van der Waals surface area contributed by atoms with Crippen molar-refractivity contribution in [3.63, 3.8) is 0 Å². The minimum absolute atomic E-state index is 0.418. The van der Waals surface area contributed by atoms with Crippen molar-refractivity contribution in [3.8, 4) is 0 Å². The Labute approximate surface area is 114 Å². The van der Waals surface area contributed by atoms with Crippen molar-refractivity contribution < 1.29 is 14.7 Å². The Morgan fingerprint density at radius 1 is 1.39 bits per heavy atom. The largest absolute Gasteiger partial charge is 0.480 e. The number of carbonyl (C=O) groups excluding carboxylic acids is 1. The minimum atomic E-state index is -1.22. The third kappa shape index (κ3) is 2.14. The fourth-order valence-electron chi connectivity index (χ4n) is 1.99. The summed E-state index contributed by atoms with van der Waals surface area (Å²) in [5, 5.41) is 11.8. The van der Waals surface area contributed by atoms with Gasteiger partial charge in [-0.05, 0) is 37.5 Å². The Morgan fingerprint density at radius 3 is 2.50 bits per heavy atom. The first-order valence-electron chi connectivity index (χ1n) is 5.77. The molecule has 18 heavy (non-hydrogen) atoms. The SMILES string of the molecule is Cc1ccc(NC(=O)C2(C(=O)O)CCC2)cc1Br. The average Bonchev–Trinajstić information content (AvgIpc) is 2.21. The number of carboxylic acid groups (broad SMARTS) is 1. The van der Waals surface area contributed by atoms with Crippen LogP contribution in [0.15, 0.2) is 22.7 Å². The van der Waals surface area contributed by atoms with E-state index in [0.29, 0.717) is 18.5 Å². The highest BCUT2D eigenvalue weighted by atomic mass is 79.9. The van der Waals surface area contributed by atoms with Crippen LogP contribution in [0.5, 0.6) is 0 Å². The van der Waals surface area contributed by atoms with E-state index >= 15 is 0 Å². The number of amides is 1. The van der Waals surface area contributed by atoms with E-state index in [1.807, 2.05) is 13.0 Å². The van der Waals surface area contributed by atoms with Gasteiger partial charge < -0.3 is 10.4 Å². The molecular formula is C13H14BrNO3. The number of hydrogen-bond acceptors (Lipinski definition) is 2. The van der Waals surface area contributed by atoms with E-state index in [4.69, 9.17) is 5.11 Å². The van der Waals surface area contributed by atoms with E-state index in [-0.39, 0.29) is 0 Å². The minimum Gasteiger partial charge on any atom is -0.480 e. The molecule has 4 nitrogen and oxygen atoms in total. The molecule has 1 aromatic carbocycles. The van der Waals surface area contributed by atoms with Gasteiger partial charge in [-0.2, -0.15) is 0 Å². The first-order chi connectivity index (χ1) is 8.45. The molecule has 2 rings (SSSR count). The van der Waals surface area contributed by atoms with Gasteiger partial charge >= 0.3 is 5.97 Å². The van der Waals surface area contributed by atoms with Crippen LogP contribution in [0.2, 0.25) is 0 Å². The standard InChI is InChI=1S/C13H14BrNO3/c1-8-3-4-9(7-10(8)14)15-11(16)13(12(17)18)5-2-6-13/h3-4,7H,2,5-6H2,1H3,(H,15,16)(H,17,18). The van der Waals surface area contributed by atoms with Gasteiger partial charge in [0.1, 0.15) is 5.41 Å². The predicted octanol–water partition coefficient (Wildman–Crippen LogP) is 2.95. The summed E-state index contributed by atoms with van der Waals surface area (Å²) in [6.07, 6.45) is 1.62. The van der Waals surface area contributed by atoms with Gasteiger partial charge in [-0.25, -0.2) is 0 Å². The van der Waals surface area contributed by atoms with Crippen molar-refractivity contribution in [2.24, 2.45) is 5.41 Å². The van der Waals surface area contributed by atoms with E-state index < -0.39 is 17.3 Å². The zero-order valence-electron chi connectivity index (χ0n) is 10.00. The van der Waals surface area contributed by atoms with E-state index in [0.717, 1.165) is 16.5 Å². The molecule has 0 atom stereocenters. The number of carboxylic acids is 1. The van der Waals surface area contributed by atoms with Crippen molar-refractivity contribution in [1.82, 2.24) is 0 Å². The van der Waals surface area contributed by atoms with Crippen LogP contribution in [0.25, 0.3) is 0 Å². The summed E-state index contributed by atoms with van der Waals surface area (Å²) < 4.78 is 0.887. The topological polar surface area (TPSA) is 66.4 Å². The molecule has 1 aliphatic carbocycles. The predicted molar refractivity (Wildman–Crippen MR) is 71.4 cm³/mol. The van der Waals surface area contributed by atoms with Crippen molar-refractivity contribution in [2.75, 3.05) is 5.32 Å². The molecule has 1 saturated carbocycles. The lowest BCUT2D eigenvalue weighted by molar-refractivity contribution is -0.159. The Bertz CT molecular complexity index is 509. The zero-order chi connectivity index (χ0) is 13.3. The van der Waals surface area contributed by atoms with Gasteiger partial charge in [-0.15, -0.1) is 0 Å². The molecule has 1 aromatic rings. The number of anilines is 1. The fourth-order valence-corrected chi connectivity index (χ4v) is 2.37. The third-order valence-corrected chi connectivity index (χ3v) is 4.34. The van der Waals surface area contributed by atoms with Crippen LogP contribution >= 0.6 is 15.9 Å². The van der Waals surface area contributed by atoms with Crippen LogP contribution in [-0.4, -0.2) is 17.0 Å². The van der Waals surface area contributed by atoms with Crippen LogP contribution in [0.1, 0.15) is 24.8 Å². The highest BCUT2D eigenvalue weighted by Gasteiger charge is 2.51. The van der Waals surface area contributed by atoms with Crippen molar-refractivity contribution >= 4 is 33.5 Å². The van der Waals surface area contributed by atoms with Gasteiger partial charge in [0.05, 0.1) is 0 Å². The summed E-state index contributed by atoms with van der Waals surface area (Å²) in [7, 11) is 0. The highest BCUT2D eigenvalue weighted by molar-refractivity contribution is 9.10. The van der Waals surface area contributed by atoms with Crippen molar-refractivity contribution in [1.29, 1.82) is 0 Å². The van der Waals surface area contributed by atoms with Crippen LogP contribution in [0.4, 0.5) is 5.69 Å². The second-order valence-corrected chi connectivity index (χ2v) is 5.51. The first-order valence-corrected chi connectivity index (χ1v) is 6.56. The molecule has 1 fully saturated rings. The van der Waals surface area contributed by atoms with E-state index in [9.17, 15) is 9.59 Å². The number of nitrogens with one attached hydrogen (secondary N) is 1. The van der Waals surface area contributed by atoms with Crippen LogP contribution in [-0.2, 0) is 9.59 Å². The molecule has 2 N–H and O–H groups in total. The van der Waals surface area contributed by atoms with Gasteiger partial charge in [0.2, 0.25) is 5.91 Å². The van der Waals surface area contributed by atoms with E-state index in [2.05, 4.69) is 21.2 Å². The summed E-state index contributed by atoms with van der Waals surface area (Å²) in [5.41, 5.74) is 0.451. The number of hydrogen-bond donors (Lipinski definition) is 2. The molecule has 0 bridgehead atoms. The summed E-state index contributed by atoms with van der Waals surface area (Å²) in [6, 6.07) is 5.42. The van der Waals surface area contributed by atoms with Crippen LogP contribution in [0.3, 0.4) is 0 Å². The fraction of sp³-hybridized carbons (Fsp3) is 0.385. The van der Waals surface area contributed by atoms with Gasteiger partial charge in [0.15, 0.2) is 0 Å². The first kappa shape index (κ1) is 13.1. The molecule has 1 amide bonds. The smallest absolute Gasteiger partial charge is 0.319 e.